The number of rotatable bonds is 6. The van der Waals surface area contributed by atoms with Crippen molar-refractivity contribution in [2.75, 3.05) is 5.32 Å². The van der Waals surface area contributed by atoms with E-state index < -0.39 is 6.04 Å². The van der Waals surface area contributed by atoms with Crippen LogP contribution in [0.15, 0.2) is 10.6 Å². The lowest BCUT2D eigenvalue weighted by atomic mass is 9.98. The van der Waals surface area contributed by atoms with Gasteiger partial charge >= 0.3 is 0 Å². The van der Waals surface area contributed by atoms with E-state index >= 15 is 0 Å². The van der Waals surface area contributed by atoms with Crippen molar-refractivity contribution < 1.29 is 14.1 Å². The van der Waals surface area contributed by atoms with Gasteiger partial charge in [0.05, 0.1) is 0 Å². The summed E-state index contributed by atoms with van der Waals surface area (Å²) in [4.78, 5) is 23.6. The molecule has 0 aliphatic carbocycles. The number of hydrogen-bond donors (Lipinski definition) is 2. The summed E-state index contributed by atoms with van der Waals surface area (Å²) in [6, 6.07) is 1.07. The molecule has 1 unspecified atom stereocenters. The Morgan fingerprint density at radius 2 is 2.11 bits per heavy atom. The monoisotopic (exact) mass is 267 g/mol. The Hall–Kier alpha value is -1.85. The molecule has 19 heavy (non-hydrogen) atoms. The van der Waals surface area contributed by atoms with Crippen molar-refractivity contribution in [2.24, 2.45) is 5.92 Å². The zero-order chi connectivity index (χ0) is 14.4. The van der Waals surface area contributed by atoms with Crippen LogP contribution in [0.5, 0.6) is 0 Å². The third-order valence-corrected chi connectivity index (χ3v) is 3.01. The van der Waals surface area contributed by atoms with E-state index in [4.69, 9.17) is 4.52 Å². The molecular weight excluding hydrogens is 246 g/mol. The van der Waals surface area contributed by atoms with E-state index in [2.05, 4.69) is 15.8 Å². The molecule has 0 bridgehead atoms. The Morgan fingerprint density at radius 1 is 1.42 bits per heavy atom. The van der Waals surface area contributed by atoms with E-state index in [0.29, 0.717) is 18.0 Å². The number of aryl methyl sites for hydroxylation is 1. The zero-order valence-corrected chi connectivity index (χ0v) is 11.8. The number of amides is 2. The van der Waals surface area contributed by atoms with Crippen LogP contribution in [-0.4, -0.2) is 23.0 Å². The number of nitrogens with zero attached hydrogens (tertiary/aromatic N) is 1. The fourth-order valence-corrected chi connectivity index (χ4v) is 1.61. The lowest BCUT2D eigenvalue weighted by Crippen LogP contribution is -2.47. The third-order valence-electron chi connectivity index (χ3n) is 3.01. The fraction of sp³-hybridized carbons (Fsp3) is 0.615. The van der Waals surface area contributed by atoms with E-state index in [1.807, 2.05) is 13.8 Å². The summed E-state index contributed by atoms with van der Waals surface area (Å²) >= 11 is 0. The first-order valence-electron chi connectivity index (χ1n) is 6.51. The molecule has 6 nitrogen and oxygen atoms in total. The van der Waals surface area contributed by atoms with Gasteiger partial charge in [0.2, 0.25) is 11.8 Å². The van der Waals surface area contributed by atoms with Crippen molar-refractivity contribution >= 4 is 17.6 Å². The minimum Gasteiger partial charge on any atom is -0.360 e. The maximum absolute atomic E-state index is 12.2. The van der Waals surface area contributed by atoms with Gasteiger partial charge in [-0.3, -0.25) is 9.59 Å². The van der Waals surface area contributed by atoms with E-state index in [1.54, 1.807) is 19.9 Å². The molecule has 2 atom stereocenters. The van der Waals surface area contributed by atoms with Crippen LogP contribution in [-0.2, 0) is 9.59 Å². The van der Waals surface area contributed by atoms with Gasteiger partial charge in [0, 0.05) is 12.5 Å². The maximum atomic E-state index is 12.2. The molecule has 6 heteroatoms. The highest BCUT2D eigenvalue weighted by atomic mass is 16.5. The molecular formula is C13H21N3O3. The summed E-state index contributed by atoms with van der Waals surface area (Å²) in [6.45, 7) is 7.40. The number of anilines is 1. The van der Waals surface area contributed by atoms with Gasteiger partial charge in [-0.25, -0.2) is 0 Å². The van der Waals surface area contributed by atoms with Crippen LogP contribution in [0, 0.1) is 12.8 Å². The van der Waals surface area contributed by atoms with E-state index in [0.717, 1.165) is 6.42 Å². The quantitative estimate of drug-likeness (QED) is 0.824. The summed E-state index contributed by atoms with van der Waals surface area (Å²) in [6.07, 6.45) is 1.14. The Kier molecular flexibility index (Phi) is 5.54. The zero-order valence-electron chi connectivity index (χ0n) is 11.8. The van der Waals surface area contributed by atoms with Gasteiger partial charge in [-0.05, 0) is 12.8 Å². The molecule has 0 fully saturated rings. The van der Waals surface area contributed by atoms with Crippen molar-refractivity contribution in [3.63, 3.8) is 0 Å². The second-order valence-electron chi connectivity index (χ2n) is 4.60. The first kappa shape index (κ1) is 15.2. The topological polar surface area (TPSA) is 84.2 Å². The number of aromatic nitrogens is 1. The molecule has 0 aliphatic heterocycles. The highest BCUT2D eigenvalue weighted by Gasteiger charge is 2.26. The molecule has 1 rings (SSSR count). The number of nitrogens with one attached hydrogen (secondary N) is 2. The van der Waals surface area contributed by atoms with Crippen molar-refractivity contribution in [1.29, 1.82) is 0 Å². The third kappa shape index (κ3) is 4.39. The highest BCUT2D eigenvalue weighted by Crippen LogP contribution is 2.12. The molecule has 1 aromatic heterocycles. The summed E-state index contributed by atoms with van der Waals surface area (Å²) in [5, 5.41) is 9.09. The molecule has 0 aliphatic rings. The molecule has 0 saturated heterocycles. The van der Waals surface area contributed by atoms with Crippen LogP contribution >= 0.6 is 0 Å². The van der Waals surface area contributed by atoms with Crippen LogP contribution in [0.4, 0.5) is 5.82 Å². The highest BCUT2D eigenvalue weighted by molar-refractivity contribution is 5.96. The molecule has 1 aromatic rings. The predicted molar refractivity (Wildman–Crippen MR) is 71.5 cm³/mol. The summed E-state index contributed by atoms with van der Waals surface area (Å²) in [5.74, 6) is 0.610. The van der Waals surface area contributed by atoms with Gasteiger partial charge in [-0.2, -0.15) is 0 Å². The molecule has 1 heterocycles. The van der Waals surface area contributed by atoms with Crippen molar-refractivity contribution in [2.45, 2.75) is 46.6 Å². The van der Waals surface area contributed by atoms with Gasteiger partial charge in [0.15, 0.2) is 5.82 Å². The van der Waals surface area contributed by atoms with E-state index in [9.17, 15) is 9.59 Å². The largest absolute Gasteiger partial charge is 0.360 e. The van der Waals surface area contributed by atoms with Crippen molar-refractivity contribution in [3.05, 3.63) is 11.8 Å². The second kappa shape index (κ2) is 6.92. The number of hydrogen-bond acceptors (Lipinski definition) is 4. The summed E-state index contributed by atoms with van der Waals surface area (Å²) < 4.78 is 4.88. The normalized spacial score (nSPS) is 13.7. The maximum Gasteiger partial charge on any atom is 0.248 e. The molecule has 2 amide bonds. The van der Waals surface area contributed by atoms with E-state index in [-0.39, 0.29) is 17.7 Å². The van der Waals surface area contributed by atoms with Gasteiger partial charge in [-0.1, -0.05) is 32.3 Å². The predicted octanol–water partition coefficient (Wildman–Crippen LogP) is 1.86. The Balaban J connectivity index is 2.73. The summed E-state index contributed by atoms with van der Waals surface area (Å²) in [5.41, 5.74) is 0. The minimum atomic E-state index is -0.561. The van der Waals surface area contributed by atoms with Crippen molar-refractivity contribution in [3.8, 4) is 0 Å². The average Bonchev–Trinajstić information content (AvgIpc) is 2.79. The summed E-state index contributed by atoms with van der Waals surface area (Å²) in [7, 11) is 0. The van der Waals surface area contributed by atoms with Crippen molar-refractivity contribution in [1.82, 2.24) is 10.5 Å². The Morgan fingerprint density at radius 3 is 2.58 bits per heavy atom. The Labute approximate surface area is 112 Å². The van der Waals surface area contributed by atoms with Crippen LogP contribution in [0.2, 0.25) is 0 Å². The number of carbonyl (C=O) groups is 2. The molecule has 106 valence electrons. The fourth-order valence-electron chi connectivity index (χ4n) is 1.61. The molecule has 0 aromatic carbocycles. The lowest BCUT2D eigenvalue weighted by Gasteiger charge is -2.22. The van der Waals surface area contributed by atoms with Crippen LogP contribution < -0.4 is 10.6 Å². The Bertz CT molecular complexity index is 442. The molecule has 0 radical (unpaired) electrons. The minimum absolute atomic E-state index is 0.0449. The van der Waals surface area contributed by atoms with E-state index in [1.165, 1.54) is 0 Å². The standard InChI is InChI=1S/C13H21N3O3/c1-5-8(3)12(15-11(17)6-2)13(18)14-10-7-9(4)19-16-10/h7-8,12H,5-6H2,1-4H3,(H,15,17)(H,14,16,18)/t8?,12-/m0/s1. The second-order valence-corrected chi connectivity index (χ2v) is 4.60. The van der Waals surface area contributed by atoms with Crippen LogP contribution in [0.1, 0.15) is 39.4 Å². The lowest BCUT2D eigenvalue weighted by molar-refractivity contribution is -0.127. The smallest absolute Gasteiger partial charge is 0.248 e. The molecule has 0 saturated carbocycles. The SMILES string of the molecule is CCC(=O)N[C@H](C(=O)Nc1cc(C)on1)C(C)CC. The van der Waals surface area contributed by atoms with Crippen LogP contribution in [0.25, 0.3) is 0 Å². The average molecular weight is 267 g/mol. The first-order chi connectivity index (χ1) is 8.97. The number of carbonyl (C=O) groups excluding carboxylic acids is 2. The van der Waals surface area contributed by atoms with Gasteiger partial charge < -0.3 is 15.2 Å². The van der Waals surface area contributed by atoms with Gasteiger partial charge in [-0.15, -0.1) is 0 Å². The molecule has 2 N–H and O–H groups in total. The van der Waals surface area contributed by atoms with Gasteiger partial charge in [0.1, 0.15) is 11.8 Å². The van der Waals surface area contributed by atoms with Crippen LogP contribution in [0.3, 0.4) is 0 Å². The first-order valence-corrected chi connectivity index (χ1v) is 6.51. The molecule has 0 spiro atoms. The van der Waals surface area contributed by atoms with Gasteiger partial charge in [0.25, 0.3) is 0 Å².